The fourth-order valence-electron chi connectivity index (χ4n) is 3.95. The summed E-state index contributed by atoms with van der Waals surface area (Å²) in [6.45, 7) is 20.3. The van der Waals surface area contributed by atoms with Crippen LogP contribution in [0.1, 0.15) is 87.5 Å². The maximum Gasteiger partial charge on any atom is 0.333 e. The molecule has 0 saturated carbocycles. The molecule has 0 radical (unpaired) electrons. The zero-order valence-electron chi connectivity index (χ0n) is 24.1. The predicted molar refractivity (Wildman–Crippen MR) is 146 cm³/mol. The van der Waals surface area contributed by atoms with Crippen molar-refractivity contribution in [1.82, 2.24) is 0 Å². The zero-order chi connectivity index (χ0) is 27.5. The number of unbranched alkanes of at least 4 members (excludes halogenated alkanes) is 3. The van der Waals surface area contributed by atoms with Crippen molar-refractivity contribution in [2.24, 2.45) is 0 Å². The fraction of sp³-hybridized carbons (Fsp3) is 0.724. The number of esters is 1. The van der Waals surface area contributed by atoms with Crippen LogP contribution in [-0.4, -0.2) is 55.2 Å². The van der Waals surface area contributed by atoms with E-state index >= 15 is 0 Å². The van der Waals surface area contributed by atoms with Crippen LogP contribution in [0.2, 0.25) is 18.1 Å². The Morgan fingerprint density at radius 1 is 1.17 bits per heavy atom. The average molecular weight is 521 g/mol. The number of Topliss-reactive ketones (excluding diaryl/α,β-unsaturated/α-hetero) is 1. The van der Waals surface area contributed by atoms with E-state index in [1.807, 2.05) is 32.9 Å². The van der Waals surface area contributed by atoms with Crippen LogP contribution in [0.25, 0.3) is 0 Å². The number of aliphatic hydroxyl groups is 1. The second-order valence-electron chi connectivity index (χ2n) is 12.7. The van der Waals surface area contributed by atoms with E-state index in [-0.39, 0.29) is 23.8 Å². The zero-order valence-corrected chi connectivity index (χ0v) is 25.1. The van der Waals surface area contributed by atoms with E-state index in [1.165, 1.54) is 0 Å². The van der Waals surface area contributed by atoms with Gasteiger partial charge in [0, 0.05) is 17.6 Å². The molecule has 0 aromatic heterocycles. The molecule has 1 aliphatic carbocycles. The van der Waals surface area contributed by atoms with Crippen molar-refractivity contribution in [3.8, 4) is 0 Å². The molecule has 0 amide bonds. The molecule has 1 saturated heterocycles. The summed E-state index contributed by atoms with van der Waals surface area (Å²) in [6.07, 6.45) is 8.37. The molecule has 0 bridgehead atoms. The van der Waals surface area contributed by atoms with E-state index in [9.17, 15) is 14.7 Å². The number of fused-ring (bicyclic) bond motifs is 1. The van der Waals surface area contributed by atoms with Crippen LogP contribution in [0, 0.1) is 0 Å². The van der Waals surface area contributed by atoms with Gasteiger partial charge in [-0.05, 0) is 64.2 Å². The van der Waals surface area contributed by atoms with Gasteiger partial charge >= 0.3 is 5.97 Å². The van der Waals surface area contributed by atoms with Crippen molar-refractivity contribution in [1.29, 1.82) is 0 Å². The van der Waals surface area contributed by atoms with Gasteiger partial charge in [0.25, 0.3) is 0 Å². The Labute approximate surface area is 219 Å². The second-order valence-corrected chi connectivity index (χ2v) is 17.5. The maximum atomic E-state index is 13.8. The Bertz CT molecular complexity index is 915. The van der Waals surface area contributed by atoms with Crippen LogP contribution in [0.4, 0.5) is 0 Å². The molecule has 7 heteroatoms. The molecule has 36 heavy (non-hydrogen) atoms. The van der Waals surface area contributed by atoms with E-state index in [2.05, 4.69) is 40.8 Å². The van der Waals surface area contributed by atoms with Crippen LogP contribution >= 0.6 is 0 Å². The van der Waals surface area contributed by atoms with E-state index in [0.717, 1.165) is 25.7 Å². The molecule has 1 N–H and O–H groups in total. The third-order valence-corrected chi connectivity index (χ3v) is 11.9. The van der Waals surface area contributed by atoms with Crippen LogP contribution in [0.15, 0.2) is 34.9 Å². The van der Waals surface area contributed by atoms with E-state index in [4.69, 9.17) is 13.9 Å². The molecule has 1 aliphatic heterocycles. The molecule has 2 aliphatic rings. The summed E-state index contributed by atoms with van der Waals surface area (Å²) in [4.78, 5) is 26.2. The Kier molecular flexibility index (Phi) is 9.77. The van der Waals surface area contributed by atoms with Gasteiger partial charge in [-0.15, -0.1) is 0 Å². The molecular weight excluding hydrogens is 472 g/mol. The van der Waals surface area contributed by atoms with Gasteiger partial charge in [-0.1, -0.05) is 58.8 Å². The lowest BCUT2D eigenvalue weighted by Gasteiger charge is -2.37. The van der Waals surface area contributed by atoms with Gasteiger partial charge in [-0.25, -0.2) is 4.79 Å². The molecule has 1 heterocycles. The number of rotatable bonds is 11. The maximum absolute atomic E-state index is 13.8. The summed E-state index contributed by atoms with van der Waals surface area (Å²) in [7, 11) is -2.09. The number of ketones is 1. The lowest BCUT2D eigenvalue weighted by atomic mass is 9.79. The third kappa shape index (κ3) is 7.27. The highest BCUT2D eigenvalue weighted by Crippen LogP contribution is 2.51. The molecular formula is C29H48O6Si. The molecule has 204 valence electrons. The molecule has 1 fully saturated rings. The largest absolute Gasteiger partial charge is 0.457 e. The third-order valence-electron chi connectivity index (χ3n) is 7.44. The fourth-order valence-corrected chi connectivity index (χ4v) is 4.90. The van der Waals surface area contributed by atoms with Gasteiger partial charge in [0.1, 0.15) is 17.8 Å². The topological polar surface area (TPSA) is 85.4 Å². The Balaban J connectivity index is 2.32. The number of aliphatic hydroxyl groups excluding tert-OH is 1. The molecule has 0 spiro atoms. The van der Waals surface area contributed by atoms with E-state index in [1.54, 1.807) is 13.0 Å². The lowest BCUT2D eigenvalue weighted by Crippen LogP contribution is -2.45. The molecule has 0 aromatic rings. The lowest BCUT2D eigenvalue weighted by molar-refractivity contribution is -0.149. The average Bonchev–Trinajstić information content (AvgIpc) is 3.49. The number of carbonyl (C=O) groups excluding carboxylic acids is 2. The van der Waals surface area contributed by atoms with Crippen LogP contribution in [0.3, 0.4) is 0 Å². The normalized spacial score (nSPS) is 25.4. The smallest absolute Gasteiger partial charge is 0.333 e. The summed E-state index contributed by atoms with van der Waals surface area (Å²) >= 11 is 0. The van der Waals surface area contributed by atoms with Crippen molar-refractivity contribution in [3.63, 3.8) is 0 Å². The summed E-state index contributed by atoms with van der Waals surface area (Å²) in [5, 5.41) is 11.3. The van der Waals surface area contributed by atoms with Crippen LogP contribution < -0.4 is 0 Å². The Morgan fingerprint density at radius 3 is 2.36 bits per heavy atom. The first kappa shape index (κ1) is 30.7. The van der Waals surface area contributed by atoms with Crippen LogP contribution in [0.5, 0.6) is 0 Å². The predicted octanol–water partition coefficient (Wildman–Crippen LogP) is 6.20. The number of carbonyl (C=O) groups is 2. The minimum Gasteiger partial charge on any atom is -0.457 e. The van der Waals surface area contributed by atoms with Gasteiger partial charge in [-0.3, -0.25) is 4.79 Å². The van der Waals surface area contributed by atoms with Crippen molar-refractivity contribution >= 4 is 20.1 Å². The van der Waals surface area contributed by atoms with E-state index < -0.39 is 37.7 Å². The first-order chi connectivity index (χ1) is 16.5. The molecule has 2 rings (SSSR count). The van der Waals surface area contributed by atoms with Gasteiger partial charge in [0.05, 0.1) is 6.61 Å². The van der Waals surface area contributed by atoms with Crippen LogP contribution in [-0.2, 0) is 23.5 Å². The summed E-state index contributed by atoms with van der Waals surface area (Å²) in [5.41, 5.74) is -0.246. The number of ether oxygens (including phenoxy) is 2. The van der Waals surface area contributed by atoms with Gasteiger partial charge < -0.3 is 19.0 Å². The second kappa shape index (κ2) is 11.5. The highest BCUT2D eigenvalue weighted by molar-refractivity contribution is 6.74. The highest BCUT2D eigenvalue weighted by Gasteiger charge is 2.68. The molecule has 3 atom stereocenters. The van der Waals surface area contributed by atoms with Crippen molar-refractivity contribution in [2.75, 3.05) is 6.61 Å². The van der Waals surface area contributed by atoms with Gasteiger partial charge in [-0.2, -0.15) is 0 Å². The van der Waals surface area contributed by atoms with Crippen molar-refractivity contribution < 1.29 is 28.6 Å². The SMILES string of the molecule is CCCCC/C=C/C1=C(CO[Si](C)(C)C(C)(C)C)[C@@H](O)[C@H]2O[C@@]2(C/C=C(\C)C(=O)OC(C)(C)C)C1=O. The molecule has 0 aromatic carbocycles. The Hall–Kier alpha value is -1.54. The van der Waals surface area contributed by atoms with Gasteiger partial charge in [0.15, 0.2) is 19.7 Å². The number of hydrogen-bond acceptors (Lipinski definition) is 6. The standard InChI is InChI=1S/C29H48O6Si/c1-11-12-13-14-15-16-21-22(19-33-36(9,10)28(6,7)8)23(30)25-29(34-25,24(21)31)18-17-20(2)26(32)35-27(3,4)5/h15-17,23,25,30H,11-14,18-19H2,1-10H3/b16-15+,20-17+/t23-,25-,29+/m1/s1. The monoisotopic (exact) mass is 520 g/mol. The summed E-state index contributed by atoms with van der Waals surface area (Å²) in [6, 6.07) is 0. The van der Waals surface area contributed by atoms with Crippen molar-refractivity contribution in [3.05, 3.63) is 34.9 Å². The summed E-state index contributed by atoms with van der Waals surface area (Å²) in [5.74, 6) is -0.568. The first-order valence-electron chi connectivity index (χ1n) is 13.3. The highest BCUT2D eigenvalue weighted by atomic mass is 28.4. The summed E-state index contributed by atoms with van der Waals surface area (Å²) < 4.78 is 17.8. The van der Waals surface area contributed by atoms with Gasteiger partial charge in [0.2, 0.25) is 0 Å². The minimum absolute atomic E-state index is 0.0111. The number of allylic oxidation sites excluding steroid dienone is 2. The van der Waals surface area contributed by atoms with E-state index in [0.29, 0.717) is 16.7 Å². The minimum atomic E-state index is -2.09. The molecule has 0 unspecified atom stereocenters. The first-order valence-corrected chi connectivity index (χ1v) is 16.2. The number of epoxide rings is 1. The quantitative estimate of drug-likeness (QED) is 0.115. The molecule has 6 nitrogen and oxygen atoms in total. The Morgan fingerprint density at radius 2 is 1.81 bits per heavy atom. The number of hydrogen-bond donors (Lipinski definition) is 1. The van der Waals surface area contributed by atoms with Crippen molar-refractivity contribution in [2.45, 2.75) is 129 Å².